The minimum Gasteiger partial charge on any atom is -0.468 e. The van der Waals surface area contributed by atoms with Crippen LogP contribution < -0.4 is 5.56 Å². The number of methoxy groups -OCH3 is 1. The number of thioether (sulfide) groups is 1. The Morgan fingerprint density at radius 1 is 1.29 bits per heavy atom. The van der Waals surface area contributed by atoms with E-state index >= 15 is 0 Å². The van der Waals surface area contributed by atoms with Crippen LogP contribution in [-0.4, -0.2) is 43.6 Å². The molecule has 0 saturated heterocycles. The van der Waals surface area contributed by atoms with Crippen molar-refractivity contribution in [3.8, 4) is 5.69 Å². The summed E-state index contributed by atoms with van der Waals surface area (Å²) in [6, 6.07) is 7.78. The van der Waals surface area contributed by atoms with E-state index < -0.39 is 5.25 Å². The number of thiophene rings is 1. The second kappa shape index (κ2) is 8.83. The van der Waals surface area contributed by atoms with E-state index in [4.69, 9.17) is 9.47 Å². The fraction of sp³-hybridized carbons (Fsp3) is 0.417. The number of fused-ring (bicyclic) bond motifs is 5. The lowest BCUT2D eigenvalue weighted by molar-refractivity contribution is -0.139. The third-order valence-electron chi connectivity index (χ3n) is 6.16. The predicted octanol–water partition coefficient (Wildman–Crippen LogP) is 4.15. The molecule has 1 aromatic carbocycles. The zero-order valence-corrected chi connectivity index (χ0v) is 21.3. The molecule has 178 valence electrons. The molecule has 2 atom stereocenters. The van der Waals surface area contributed by atoms with E-state index in [1.165, 1.54) is 30.2 Å². The smallest absolute Gasteiger partial charge is 0.318 e. The van der Waals surface area contributed by atoms with Crippen LogP contribution in [0, 0.1) is 12.8 Å². The molecule has 0 aliphatic carbocycles. The average Bonchev–Trinajstić information content (AvgIpc) is 3.39. The minimum atomic E-state index is -0.477. The van der Waals surface area contributed by atoms with E-state index in [1.54, 1.807) is 11.5 Å². The molecule has 3 aromatic heterocycles. The van der Waals surface area contributed by atoms with E-state index in [0.717, 1.165) is 26.5 Å². The summed E-state index contributed by atoms with van der Waals surface area (Å²) in [6.45, 7) is 8.51. The van der Waals surface area contributed by atoms with Crippen LogP contribution in [0.1, 0.15) is 36.8 Å². The van der Waals surface area contributed by atoms with Gasteiger partial charge >= 0.3 is 5.97 Å². The number of hydrogen-bond acceptors (Lipinski definition) is 8. The van der Waals surface area contributed by atoms with Crippen molar-refractivity contribution < 1.29 is 14.3 Å². The first-order valence-electron chi connectivity index (χ1n) is 11.2. The molecule has 0 saturated carbocycles. The molecule has 1 aliphatic rings. The van der Waals surface area contributed by atoms with E-state index in [-0.39, 0.29) is 17.6 Å². The highest BCUT2D eigenvalue weighted by molar-refractivity contribution is 8.00. The summed E-state index contributed by atoms with van der Waals surface area (Å²) in [7, 11) is 1.37. The van der Waals surface area contributed by atoms with Crippen molar-refractivity contribution in [1.29, 1.82) is 0 Å². The molecule has 34 heavy (non-hydrogen) atoms. The zero-order valence-electron chi connectivity index (χ0n) is 19.7. The Labute approximate surface area is 204 Å². The average molecular weight is 499 g/mol. The normalized spacial score (nSPS) is 16.8. The maximum atomic E-state index is 14.0. The van der Waals surface area contributed by atoms with Crippen LogP contribution in [0.15, 0.2) is 34.2 Å². The number of hydrogen-bond donors (Lipinski definition) is 0. The Hall–Kier alpha value is -2.69. The van der Waals surface area contributed by atoms with Crippen LogP contribution in [-0.2, 0) is 27.3 Å². The molecule has 4 heterocycles. The third kappa shape index (κ3) is 3.73. The summed E-state index contributed by atoms with van der Waals surface area (Å²) in [5, 5.41) is 9.53. The Kier molecular flexibility index (Phi) is 5.99. The van der Waals surface area contributed by atoms with E-state index in [1.807, 2.05) is 35.6 Å². The SMILES string of the molecule is COC(=O)[C@@H](C)Sc1nnc2n(-c3cccc(C)c3)c(=O)c3c4c(sc3n12)CO[C@@H](C(C)C)C4. The van der Waals surface area contributed by atoms with Gasteiger partial charge in [0.05, 0.1) is 30.9 Å². The van der Waals surface area contributed by atoms with E-state index in [0.29, 0.717) is 35.3 Å². The molecule has 4 aromatic rings. The molecule has 0 amide bonds. The molecule has 8 nitrogen and oxygen atoms in total. The summed E-state index contributed by atoms with van der Waals surface area (Å²) in [5.41, 5.74) is 2.70. The molecule has 0 bridgehead atoms. The van der Waals surface area contributed by atoms with Gasteiger partial charge in [-0.15, -0.1) is 21.5 Å². The first-order valence-corrected chi connectivity index (χ1v) is 12.9. The maximum absolute atomic E-state index is 14.0. The van der Waals surface area contributed by atoms with Crippen LogP contribution in [0.3, 0.4) is 0 Å². The topological polar surface area (TPSA) is 87.7 Å². The van der Waals surface area contributed by atoms with Gasteiger partial charge in [-0.1, -0.05) is 37.7 Å². The molecule has 0 radical (unpaired) electrons. The number of benzene rings is 1. The van der Waals surface area contributed by atoms with Crippen molar-refractivity contribution in [2.45, 2.75) is 57.2 Å². The van der Waals surface area contributed by atoms with Crippen LogP contribution >= 0.6 is 23.1 Å². The second-order valence-corrected chi connectivity index (χ2v) is 11.3. The summed E-state index contributed by atoms with van der Waals surface area (Å²) >= 11 is 2.81. The predicted molar refractivity (Wildman–Crippen MR) is 133 cm³/mol. The zero-order chi connectivity index (χ0) is 24.1. The number of rotatable bonds is 5. The number of nitrogens with zero attached hydrogens (tertiary/aromatic N) is 4. The van der Waals surface area contributed by atoms with Gasteiger partial charge in [0.2, 0.25) is 5.78 Å². The summed E-state index contributed by atoms with van der Waals surface area (Å²) in [5.74, 6) is 0.416. The van der Waals surface area contributed by atoms with Crippen molar-refractivity contribution in [1.82, 2.24) is 19.2 Å². The van der Waals surface area contributed by atoms with E-state index in [9.17, 15) is 9.59 Å². The molecule has 0 spiro atoms. The van der Waals surface area contributed by atoms with Crippen molar-refractivity contribution in [2.24, 2.45) is 5.92 Å². The molecule has 0 N–H and O–H groups in total. The lowest BCUT2D eigenvalue weighted by Crippen LogP contribution is -2.28. The number of carbonyl (C=O) groups is 1. The Bertz CT molecular complexity index is 1470. The Balaban J connectivity index is 1.82. The fourth-order valence-corrected chi connectivity index (χ4v) is 6.49. The van der Waals surface area contributed by atoms with Crippen molar-refractivity contribution in [3.63, 3.8) is 0 Å². The largest absolute Gasteiger partial charge is 0.468 e. The quantitative estimate of drug-likeness (QED) is 0.302. The summed E-state index contributed by atoms with van der Waals surface area (Å²) < 4.78 is 14.5. The van der Waals surface area contributed by atoms with E-state index in [2.05, 4.69) is 24.0 Å². The van der Waals surface area contributed by atoms with Gasteiger partial charge in [-0.2, -0.15) is 0 Å². The first-order chi connectivity index (χ1) is 16.3. The van der Waals surface area contributed by atoms with Gasteiger partial charge in [0.15, 0.2) is 5.16 Å². The minimum absolute atomic E-state index is 0.0573. The standard InChI is InChI=1S/C24H26N4O4S2/c1-12(2)17-10-16-18(11-32-17)34-21-19(16)20(29)27(15-8-6-7-13(3)9-15)23-25-26-24(28(21)23)33-14(4)22(30)31-5/h6-9,12,14,17H,10-11H2,1-5H3/t14-,17-/m1/s1. The molecular weight excluding hydrogens is 472 g/mol. The monoisotopic (exact) mass is 498 g/mol. The van der Waals surface area contributed by atoms with Gasteiger partial charge in [-0.05, 0) is 43.0 Å². The molecule has 1 aliphatic heterocycles. The summed E-state index contributed by atoms with van der Waals surface area (Å²) in [4.78, 5) is 28.0. The lowest BCUT2D eigenvalue weighted by atomic mass is 9.96. The van der Waals surface area contributed by atoms with Crippen molar-refractivity contribution >= 4 is 45.1 Å². The van der Waals surface area contributed by atoms with Crippen LogP contribution in [0.4, 0.5) is 0 Å². The molecular formula is C24H26N4O4S2. The molecule has 0 unspecified atom stereocenters. The highest BCUT2D eigenvalue weighted by Crippen LogP contribution is 2.38. The van der Waals surface area contributed by atoms with Gasteiger partial charge in [-0.25, -0.2) is 8.97 Å². The van der Waals surface area contributed by atoms with Crippen LogP contribution in [0.5, 0.6) is 0 Å². The second-order valence-electron chi connectivity index (χ2n) is 8.86. The van der Waals surface area contributed by atoms with Gasteiger partial charge in [0.25, 0.3) is 5.56 Å². The molecule has 5 rings (SSSR count). The van der Waals surface area contributed by atoms with Crippen molar-refractivity contribution in [3.05, 3.63) is 50.6 Å². The van der Waals surface area contributed by atoms with Gasteiger partial charge in [-0.3, -0.25) is 9.59 Å². The first kappa shape index (κ1) is 23.1. The molecule has 10 heteroatoms. The highest BCUT2D eigenvalue weighted by Gasteiger charge is 2.30. The van der Waals surface area contributed by atoms with Gasteiger partial charge in [0, 0.05) is 11.3 Å². The Morgan fingerprint density at radius 3 is 2.79 bits per heavy atom. The Morgan fingerprint density at radius 2 is 2.09 bits per heavy atom. The van der Waals surface area contributed by atoms with Crippen LogP contribution in [0.25, 0.3) is 21.7 Å². The number of aromatic nitrogens is 4. The third-order valence-corrected chi connectivity index (χ3v) is 8.37. The van der Waals surface area contributed by atoms with Gasteiger partial charge < -0.3 is 9.47 Å². The van der Waals surface area contributed by atoms with Crippen LogP contribution in [0.2, 0.25) is 0 Å². The molecule has 0 fully saturated rings. The number of carbonyl (C=O) groups excluding carboxylic acids is 1. The highest BCUT2D eigenvalue weighted by atomic mass is 32.2. The number of ether oxygens (including phenoxy) is 2. The lowest BCUT2D eigenvalue weighted by Gasteiger charge is -2.26. The van der Waals surface area contributed by atoms with Crippen molar-refractivity contribution in [2.75, 3.05) is 7.11 Å². The fourth-order valence-electron chi connectivity index (χ4n) is 4.32. The summed E-state index contributed by atoms with van der Waals surface area (Å²) in [6.07, 6.45) is 0.743. The number of aryl methyl sites for hydroxylation is 1. The maximum Gasteiger partial charge on any atom is 0.318 e. The number of esters is 1. The van der Waals surface area contributed by atoms with Gasteiger partial charge in [0.1, 0.15) is 10.1 Å².